The highest BCUT2D eigenvalue weighted by atomic mass is 16.5. The Balaban J connectivity index is 4.21. The van der Waals surface area contributed by atoms with E-state index in [0.717, 1.165) is 12.7 Å². The summed E-state index contributed by atoms with van der Waals surface area (Å²) in [6.45, 7) is 11.4. The van der Waals surface area contributed by atoms with Crippen LogP contribution in [0.5, 0.6) is 0 Å². The number of hydrogen-bond donors (Lipinski definition) is 0. The second kappa shape index (κ2) is 7.76. The van der Waals surface area contributed by atoms with E-state index in [4.69, 9.17) is 4.74 Å². The molecular formula is C13H21NO3. The molecule has 96 valence electrons. The second-order valence-corrected chi connectivity index (χ2v) is 4.43. The van der Waals surface area contributed by atoms with Crippen LogP contribution in [0.2, 0.25) is 0 Å². The van der Waals surface area contributed by atoms with Crippen LogP contribution < -0.4 is 0 Å². The summed E-state index contributed by atoms with van der Waals surface area (Å²) < 4.78 is 5.17. The maximum Gasteiger partial charge on any atom is 0.335 e. The van der Waals surface area contributed by atoms with Gasteiger partial charge in [-0.05, 0) is 19.6 Å². The zero-order valence-corrected chi connectivity index (χ0v) is 10.7. The van der Waals surface area contributed by atoms with Crippen LogP contribution in [0.4, 0.5) is 0 Å². The molecule has 0 heterocycles. The summed E-state index contributed by atoms with van der Waals surface area (Å²) in [5, 5.41) is 0. The molecule has 1 unspecified atom stereocenters. The third-order valence-electron chi connectivity index (χ3n) is 2.86. The van der Waals surface area contributed by atoms with Gasteiger partial charge in [0.05, 0.1) is 18.7 Å². The number of ether oxygens (including phenoxy) is 1. The first kappa shape index (κ1) is 15.6. The SMILES string of the molecule is C=NCC(=C)C(=O)OCC(C)(CC)CCC=O. The molecule has 0 spiro atoms. The molecule has 0 rings (SSSR count). The molecule has 0 aliphatic heterocycles. The van der Waals surface area contributed by atoms with Crippen LogP contribution in [0, 0.1) is 5.41 Å². The molecule has 4 nitrogen and oxygen atoms in total. The van der Waals surface area contributed by atoms with Gasteiger partial charge in [0.15, 0.2) is 0 Å². The summed E-state index contributed by atoms with van der Waals surface area (Å²) >= 11 is 0. The Kier molecular flexibility index (Phi) is 7.10. The second-order valence-electron chi connectivity index (χ2n) is 4.43. The van der Waals surface area contributed by atoms with Crippen molar-refractivity contribution in [1.82, 2.24) is 0 Å². The lowest BCUT2D eigenvalue weighted by molar-refractivity contribution is -0.142. The standard InChI is InChI=1S/C13H21NO3/c1-5-13(3,7-6-8-15)10-17-12(16)11(2)9-14-4/h8H,2,4-7,9-10H2,1,3H3. The van der Waals surface area contributed by atoms with Gasteiger partial charge in [-0.2, -0.15) is 0 Å². The Labute approximate surface area is 103 Å². The Morgan fingerprint density at radius 3 is 2.65 bits per heavy atom. The van der Waals surface area contributed by atoms with Crippen molar-refractivity contribution in [3.05, 3.63) is 12.2 Å². The van der Waals surface area contributed by atoms with Crippen molar-refractivity contribution in [3.8, 4) is 0 Å². The predicted octanol–water partition coefficient (Wildman–Crippen LogP) is 2.18. The molecule has 0 aliphatic rings. The van der Waals surface area contributed by atoms with Gasteiger partial charge < -0.3 is 9.53 Å². The Hall–Kier alpha value is -1.45. The normalized spacial score (nSPS) is 13.5. The minimum absolute atomic E-state index is 0.154. The smallest absolute Gasteiger partial charge is 0.335 e. The van der Waals surface area contributed by atoms with Crippen LogP contribution in [-0.4, -0.2) is 32.1 Å². The molecule has 0 aliphatic carbocycles. The van der Waals surface area contributed by atoms with Crippen LogP contribution in [0.25, 0.3) is 0 Å². The van der Waals surface area contributed by atoms with Crippen LogP contribution >= 0.6 is 0 Å². The number of nitrogens with zero attached hydrogens (tertiary/aromatic N) is 1. The molecule has 0 aromatic rings. The molecule has 0 fully saturated rings. The van der Waals surface area contributed by atoms with Gasteiger partial charge in [0.25, 0.3) is 0 Å². The van der Waals surface area contributed by atoms with Crippen LogP contribution in [0.1, 0.15) is 33.1 Å². The Morgan fingerprint density at radius 1 is 1.53 bits per heavy atom. The molecule has 1 atom stereocenters. The third-order valence-corrected chi connectivity index (χ3v) is 2.86. The van der Waals surface area contributed by atoms with Gasteiger partial charge in [-0.1, -0.05) is 20.4 Å². The van der Waals surface area contributed by atoms with Crippen molar-refractivity contribution < 1.29 is 14.3 Å². The summed E-state index contributed by atoms with van der Waals surface area (Å²) in [4.78, 5) is 25.4. The number of carbonyl (C=O) groups excluding carboxylic acids is 2. The lowest BCUT2D eigenvalue weighted by atomic mass is 9.84. The lowest BCUT2D eigenvalue weighted by Gasteiger charge is -2.26. The number of rotatable bonds is 9. The predicted molar refractivity (Wildman–Crippen MR) is 68.2 cm³/mol. The molecule has 0 saturated heterocycles. The molecular weight excluding hydrogens is 218 g/mol. The molecule has 4 heteroatoms. The van der Waals surface area contributed by atoms with Gasteiger partial charge in [-0.15, -0.1) is 0 Å². The van der Waals surface area contributed by atoms with E-state index < -0.39 is 5.97 Å². The van der Waals surface area contributed by atoms with E-state index >= 15 is 0 Å². The first-order valence-electron chi connectivity index (χ1n) is 5.70. The molecule has 0 radical (unpaired) electrons. The van der Waals surface area contributed by atoms with Crippen molar-refractivity contribution in [1.29, 1.82) is 0 Å². The summed E-state index contributed by atoms with van der Waals surface area (Å²) in [5.41, 5.74) is 0.146. The van der Waals surface area contributed by atoms with Gasteiger partial charge in [0, 0.05) is 11.8 Å². The first-order valence-corrected chi connectivity index (χ1v) is 5.70. The highest BCUT2D eigenvalue weighted by Crippen LogP contribution is 2.27. The van der Waals surface area contributed by atoms with Gasteiger partial charge in [-0.25, -0.2) is 4.79 Å². The maximum atomic E-state index is 11.5. The van der Waals surface area contributed by atoms with Gasteiger partial charge in [0.2, 0.25) is 0 Å². The molecule has 0 saturated carbocycles. The van der Waals surface area contributed by atoms with Crippen molar-refractivity contribution >= 4 is 19.0 Å². The van der Waals surface area contributed by atoms with E-state index in [2.05, 4.69) is 18.3 Å². The lowest BCUT2D eigenvalue weighted by Crippen LogP contribution is -2.25. The number of aldehydes is 1. The van der Waals surface area contributed by atoms with E-state index in [0.29, 0.717) is 25.0 Å². The molecule has 0 aromatic heterocycles. The van der Waals surface area contributed by atoms with Crippen molar-refractivity contribution in [2.75, 3.05) is 13.2 Å². The number of carbonyl (C=O) groups is 2. The molecule has 17 heavy (non-hydrogen) atoms. The highest BCUT2D eigenvalue weighted by Gasteiger charge is 2.24. The molecule has 0 bridgehead atoms. The quantitative estimate of drug-likeness (QED) is 0.268. The average Bonchev–Trinajstić information content (AvgIpc) is 2.33. The average molecular weight is 239 g/mol. The van der Waals surface area contributed by atoms with Crippen LogP contribution in [-0.2, 0) is 14.3 Å². The highest BCUT2D eigenvalue weighted by molar-refractivity contribution is 5.88. The minimum Gasteiger partial charge on any atom is -0.462 e. The van der Waals surface area contributed by atoms with E-state index in [9.17, 15) is 9.59 Å². The summed E-state index contributed by atoms with van der Waals surface area (Å²) in [5.74, 6) is -0.442. The zero-order valence-electron chi connectivity index (χ0n) is 10.7. The van der Waals surface area contributed by atoms with Crippen LogP contribution in [0.3, 0.4) is 0 Å². The Bertz CT molecular complexity index is 299. The molecule has 0 aromatic carbocycles. The summed E-state index contributed by atoms with van der Waals surface area (Å²) in [6, 6.07) is 0. The van der Waals surface area contributed by atoms with Crippen molar-refractivity contribution in [3.63, 3.8) is 0 Å². The summed E-state index contributed by atoms with van der Waals surface area (Å²) in [7, 11) is 0. The fraction of sp³-hybridized carbons (Fsp3) is 0.615. The van der Waals surface area contributed by atoms with E-state index in [1.807, 2.05) is 13.8 Å². The van der Waals surface area contributed by atoms with E-state index in [1.54, 1.807) is 0 Å². The van der Waals surface area contributed by atoms with E-state index in [-0.39, 0.29) is 12.0 Å². The Morgan fingerprint density at radius 2 is 2.18 bits per heavy atom. The van der Waals surface area contributed by atoms with Crippen molar-refractivity contribution in [2.24, 2.45) is 10.4 Å². The third kappa shape index (κ3) is 6.00. The van der Waals surface area contributed by atoms with Crippen LogP contribution in [0.15, 0.2) is 17.1 Å². The number of esters is 1. The largest absolute Gasteiger partial charge is 0.462 e. The molecule has 0 N–H and O–H groups in total. The number of hydrogen-bond acceptors (Lipinski definition) is 4. The summed E-state index contributed by atoms with van der Waals surface area (Å²) in [6.07, 6.45) is 2.93. The van der Waals surface area contributed by atoms with Gasteiger partial charge >= 0.3 is 5.97 Å². The van der Waals surface area contributed by atoms with Gasteiger partial charge in [0.1, 0.15) is 6.29 Å². The monoisotopic (exact) mass is 239 g/mol. The molecule has 0 amide bonds. The fourth-order valence-corrected chi connectivity index (χ4v) is 1.30. The maximum absolute atomic E-state index is 11.5. The fourth-order valence-electron chi connectivity index (χ4n) is 1.30. The zero-order chi connectivity index (χ0) is 13.3. The van der Waals surface area contributed by atoms with Crippen molar-refractivity contribution in [2.45, 2.75) is 33.1 Å². The topological polar surface area (TPSA) is 55.7 Å². The van der Waals surface area contributed by atoms with Gasteiger partial charge in [-0.3, -0.25) is 4.99 Å². The minimum atomic E-state index is -0.442. The van der Waals surface area contributed by atoms with E-state index in [1.165, 1.54) is 0 Å². The first-order chi connectivity index (χ1) is 7.99. The number of aliphatic imine (C=N–C) groups is 1.